The molecular formula is C57H38N4. The summed E-state index contributed by atoms with van der Waals surface area (Å²) in [5.74, 6) is 2.02. The first-order chi connectivity index (χ1) is 30.1. The van der Waals surface area contributed by atoms with E-state index in [0.717, 1.165) is 49.7 Å². The molecule has 10 aromatic rings. The summed E-state index contributed by atoms with van der Waals surface area (Å²) in [5.41, 5.74) is 19.7. The molecule has 0 aliphatic heterocycles. The first-order valence-corrected chi connectivity index (χ1v) is 20.9. The molecule has 61 heavy (non-hydrogen) atoms. The van der Waals surface area contributed by atoms with E-state index >= 15 is 0 Å². The Morgan fingerprint density at radius 3 is 1.67 bits per heavy atom. The van der Waals surface area contributed by atoms with Crippen molar-refractivity contribution < 1.29 is 0 Å². The SMILES string of the molecule is Cc1nc(-c2ccc3c(c2)-c2cc(-c4ccccc4-c4cncc(C)c4-c4ccccc4)ccc2C32c3ccccc3-c3ccccc32)nc(-c2cccc3ccccc23)n1. The standard InChI is InChI=1S/C57H38N4/c1-35-33-58-34-49(54(35)38-16-4-3-5-17-38)43-21-9-8-20-42(43)39-27-29-52-47(31-39)48-32-40(55-59-36(2)60-56(61-55)46-24-14-18-37-15-6-7-19-41(37)46)28-30-53(48)57(52)50-25-12-10-22-44(50)45-23-11-13-26-51(45)57/h3-34H,1-2H3. The van der Waals surface area contributed by atoms with Crippen LogP contribution in [0.2, 0.25) is 0 Å². The van der Waals surface area contributed by atoms with Crippen molar-refractivity contribution in [2.75, 3.05) is 0 Å². The molecule has 0 unspecified atom stereocenters. The average molecular weight is 779 g/mol. The number of aryl methyl sites for hydroxylation is 2. The van der Waals surface area contributed by atoms with Gasteiger partial charge in [-0.25, -0.2) is 15.0 Å². The Hall–Kier alpha value is -7.82. The van der Waals surface area contributed by atoms with Crippen LogP contribution in [0.25, 0.3) is 89.2 Å². The molecule has 12 rings (SSSR count). The van der Waals surface area contributed by atoms with E-state index in [2.05, 4.69) is 189 Å². The van der Waals surface area contributed by atoms with Crippen molar-refractivity contribution in [3.05, 3.63) is 228 Å². The van der Waals surface area contributed by atoms with Crippen molar-refractivity contribution in [3.63, 3.8) is 0 Å². The van der Waals surface area contributed by atoms with Gasteiger partial charge in [0.05, 0.1) is 5.41 Å². The Balaban J connectivity index is 1.09. The van der Waals surface area contributed by atoms with Crippen LogP contribution >= 0.6 is 0 Å². The highest BCUT2D eigenvalue weighted by atomic mass is 15.0. The van der Waals surface area contributed by atoms with Crippen LogP contribution in [0.1, 0.15) is 33.6 Å². The van der Waals surface area contributed by atoms with Gasteiger partial charge >= 0.3 is 0 Å². The fourth-order valence-electron chi connectivity index (χ4n) is 10.3. The monoisotopic (exact) mass is 778 g/mol. The van der Waals surface area contributed by atoms with Crippen LogP contribution in [-0.2, 0) is 5.41 Å². The zero-order chi connectivity index (χ0) is 40.7. The fraction of sp³-hybridized carbons (Fsp3) is 0.0526. The number of rotatable bonds is 5. The fourth-order valence-corrected chi connectivity index (χ4v) is 10.3. The molecule has 0 amide bonds. The highest BCUT2D eigenvalue weighted by Crippen LogP contribution is 2.63. The third-order valence-corrected chi connectivity index (χ3v) is 12.9. The van der Waals surface area contributed by atoms with Crippen molar-refractivity contribution in [1.29, 1.82) is 0 Å². The van der Waals surface area contributed by atoms with E-state index in [0.29, 0.717) is 17.5 Å². The Bertz CT molecular complexity index is 3350. The molecule has 2 aliphatic carbocycles. The molecule has 0 saturated heterocycles. The van der Waals surface area contributed by atoms with E-state index in [1.165, 1.54) is 55.6 Å². The zero-order valence-electron chi connectivity index (χ0n) is 33.8. The summed E-state index contributed by atoms with van der Waals surface area (Å²) in [6.45, 7) is 4.11. The Morgan fingerprint density at radius 1 is 0.361 bits per heavy atom. The number of pyridine rings is 1. The summed E-state index contributed by atoms with van der Waals surface area (Å²) in [4.78, 5) is 19.8. The molecule has 2 aromatic heterocycles. The number of benzene rings is 8. The van der Waals surface area contributed by atoms with Crippen LogP contribution in [0.3, 0.4) is 0 Å². The Morgan fingerprint density at radius 2 is 0.918 bits per heavy atom. The minimum absolute atomic E-state index is 0.488. The average Bonchev–Trinajstić information content (AvgIpc) is 3.78. The number of hydrogen-bond acceptors (Lipinski definition) is 4. The lowest BCUT2D eigenvalue weighted by molar-refractivity contribution is 0.794. The molecule has 0 N–H and O–H groups in total. The van der Waals surface area contributed by atoms with E-state index < -0.39 is 5.41 Å². The topological polar surface area (TPSA) is 51.6 Å². The first kappa shape index (κ1) is 35.2. The maximum Gasteiger partial charge on any atom is 0.164 e. The molecule has 286 valence electrons. The van der Waals surface area contributed by atoms with Gasteiger partial charge in [0.2, 0.25) is 0 Å². The first-order valence-electron chi connectivity index (χ1n) is 20.9. The van der Waals surface area contributed by atoms with Crippen LogP contribution in [-0.4, -0.2) is 19.9 Å². The van der Waals surface area contributed by atoms with Crippen LogP contribution in [0.4, 0.5) is 0 Å². The highest BCUT2D eigenvalue weighted by molar-refractivity contribution is 5.99. The number of hydrogen-bond donors (Lipinski definition) is 0. The lowest BCUT2D eigenvalue weighted by Crippen LogP contribution is -2.25. The molecule has 2 heterocycles. The van der Waals surface area contributed by atoms with E-state index in [-0.39, 0.29) is 0 Å². The zero-order valence-corrected chi connectivity index (χ0v) is 33.8. The van der Waals surface area contributed by atoms with Gasteiger partial charge in [-0.15, -0.1) is 0 Å². The van der Waals surface area contributed by atoms with E-state index in [1.54, 1.807) is 0 Å². The quantitative estimate of drug-likeness (QED) is 0.175. The van der Waals surface area contributed by atoms with Gasteiger partial charge in [-0.2, -0.15) is 0 Å². The third-order valence-electron chi connectivity index (χ3n) is 12.9. The smallest absolute Gasteiger partial charge is 0.164 e. The second kappa shape index (κ2) is 13.6. The minimum atomic E-state index is -0.488. The van der Waals surface area contributed by atoms with E-state index in [4.69, 9.17) is 19.9 Å². The van der Waals surface area contributed by atoms with Crippen molar-refractivity contribution in [2.45, 2.75) is 19.3 Å². The molecule has 0 radical (unpaired) electrons. The largest absolute Gasteiger partial charge is 0.264 e. The molecule has 4 heteroatoms. The van der Waals surface area contributed by atoms with Crippen molar-refractivity contribution in [1.82, 2.24) is 19.9 Å². The lowest BCUT2D eigenvalue weighted by atomic mass is 9.70. The van der Waals surface area contributed by atoms with Crippen molar-refractivity contribution >= 4 is 10.8 Å². The van der Waals surface area contributed by atoms with Gasteiger partial charge in [-0.3, -0.25) is 4.98 Å². The van der Waals surface area contributed by atoms with Gasteiger partial charge in [0.15, 0.2) is 11.6 Å². The Kier molecular flexibility index (Phi) is 7.85. The summed E-state index contributed by atoms with van der Waals surface area (Å²) in [6.07, 6.45) is 3.99. The maximum absolute atomic E-state index is 5.19. The van der Waals surface area contributed by atoms with Crippen molar-refractivity contribution in [2.24, 2.45) is 0 Å². The van der Waals surface area contributed by atoms with Crippen LogP contribution in [0, 0.1) is 13.8 Å². The van der Waals surface area contributed by atoms with Crippen LogP contribution < -0.4 is 0 Å². The Labute approximate surface area is 355 Å². The molecule has 2 aliphatic rings. The number of aromatic nitrogens is 4. The van der Waals surface area contributed by atoms with E-state index in [1.807, 2.05) is 19.3 Å². The van der Waals surface area contributed by atoms with Gasteiger partial charge in [-0.05, 0) is 115 Å². The van der Waals surface area contributed by atoms with E-state index in [9.17, 15) is 0 Å². The second-order valence-corrected chi connectivity index (χ2v) is 16.2. The summed E-state index contributed by atoms with van der Waals surface area (Å²) in [5, 5.41) is 2.28. The third kappa shape index (κ3) is 5.25. The molecule has 0 bridgehead atoms. The minimum Gasteiger partial charge on any atom is -0.264 e. The van der Waals surface area contributed by atoms with Gasteiger partial charge in [0, 0.05) is 29.1 Å². The predicted octanol–water partition coefficient (Wildman–Crippen LogP) is 13.7. The van der Waals surface area contributed by atoms with Gasteiger partial charge in [-0.1, -0.05) is 170 Å². The number of nitrogens with zero attached hydrogens (tertiary/aromatic N) is 4. The summed E-state index contributed by atoms with van der Waals surface area (Å²) >= 11 is 0. The molecule has 4 nitrogen and oxygen atoms in total. The van der Waals surface area contributed by atoms with Crippen LogP contribution in [0.15, 0.2) is 194 Å². The second-order valence-electron chi connectivity index (χ2n) is 16.2. The van der Waals surface area contributed by atoms with Gasteiger partial charge in [0.25, 0.3) is 0 Å². The molecule has 0 fully saturated rings. The van der Waals surface area contributed by atoms with Crippen LogP contribution in [0.5, 0.6) is 0 Å². The predicted molar refractivity (Wildman–Crippen MR) is 248 cm³/mol. The molecular weight excluding hydrogens is 741 g/mol. The molecule has 1 spiro atoms. The lowest BCUT2D eigenvalue weighted by Gasteiger charge is -2.30. The van der Waals surface area contributed by atoms with Gasteiger partial charge < -0.3 is 0 Å². The van der Waals surface area contributed by atoms with Crippen molar-refractivity contribution in [3.8, 4) is 78.4 Å². The summed E-state index contributed by atoms with van der Waals surface area (Å²) in [7, 11) is 0. The summed E-state index contributed by atoms with van der Waals surface area (Å²) in [6, 6.07) is 66.1. The number of fused-ring (bicyclic) bond motifs is 11. The highest BCUT2D eigenvalue weighted by Gasteiger charge is 2.51. The molecule has 0 atom stereocenters. The maximum atomic E-state index is 5.19. The summed E-state index contributed by atoms with van der Waals surface area (Å²) < 4.78 is 0. The normalized spacial score (nSPS) is 12.9. The van der Waals surface area contributed by atoms with Gasteiger partial charge in [0.1, 0.15) is 5.82 Å². The molecule has 0 saturated carbocycles. The molecule has 8 aromatic carbocycles.